The number of alkyl halides is 3. The largest absolute Gasteiger partial charge is 0.435 e. The average molecular weight is 204 g/mol. The van der Waals surface area contributed by atoms with Gasteiger partial charge in [0.2, 0.25) is 0 Å². The molecule has 0 amide bonds. The molecule has 14 heavy (non-hydrogen) atoms. The highest BCUT2D eigenvalue weighted by molar-refractivity contribution is 5.23. The Kier molecular flexibility index (Phi) is 2.78. The summed E-state index contributed by atoms with van der Waals surface area (Å²) in [5.74, 6) is 0.0866. The molecule has 2 nitrogen and oxygen atoms in total. The lowest BCUT2D eigenvalue weighted by Crippen LogP contribution is -2.13. The van der Waals surface area contributed by atoms with Gasteiger partial charge < -0.3 is 0 Å². The molecule has 1 aromatic heterocycles. The van der Waals surface area contributed by atoms with Gasteiger partial charge in [-0.3, -0.25) is 0 Å². The minimum Gasteiger partial charge on any atom is -0.164 e. The summed E-state index contributed by atoms with van der Waals surface area (Å²) in [7, 11) is 0. The zero-order chi connectivity index (χ0) is 10.9. The van der Waals surface area contributed by atoms with Crippen molar-refractivity contribution < 1.29 is 13.2 Å². The molecule has 1 heterocycles. The first-order chi connectivity index (χ1) is 6.32. The third-order valence-electron chi connectivity index (χ3n) is 1.86. The summed E-state index contributed by atoms with van der Waals surface area (Å²) in [6.45, 7) is 5.11. The van der Waals surface area contributed by atoms with E-state index in [9.17, 15) is 13.2 Å². The van der Waals surface area contributed by atoms with E-state index in [0.717, 1.165) is 0 Å². The maximum absolute atomic E-state index is 12.3. The van der Waals surface area contributed by atoms with Gasteiger partial charge in [0.25, 0.3) is 0 Å². The minimum atomic E-state index is -4.41. The van der Waals surface area contributed by atoms with Crippen LogP contribution in [0.15, 0.2) is 6.07 Å². The molecule has 0 radical (unpaired) electrons. The number of halogens is 3. The minimum absolute atomic E-state index is 0.0866. The molecule has 5 heteroatoms. The van der Waals surface area contributed by atoms with Gasteiger partial charge in [-0.15, -0.1) is 5.10 Å². The van der Waals surface area contributed by atoms with E-state index < -0.39 is 11.9 Å². The molecule has 0 aromatic carbocycles. The fraction of sp³-hybridized carbons (Fsp3) is 0.556. The summed E-state index contributed by atoms with van der Waals surface area (Å²) < 4.78 is 36.8. The van der Waals surface area contributed by atoms with Gasteiger partial charge in [0, 0.05) is 0 Å². The molecular weight excluding hydrogens is 193 g/mol. The normalized spacial score (nSPS) is 12.2. The highest BCUT2D eigenvalue weighted by Crippen LogP contribution is 2.30. The zero-order valence-corrected chi connectivity index (χ0v) is 8.18. The SMILES string of the molecule is Cc1cc(C(C)C)nnc1C(F)(F)F. The Morgan fingerprint density at radius 3 is 2.14 bits per heavy atom. The van der Waals surface area contributed by atoms with Gasteiger partial charge in [-0.1, -0.05) is 13.8 Å². The average Bonchev–Trinajstić information content (AvgIpc) is 2.01. The van der Waals surface area contributed by atoms with Gasteiger partial charge in [-0.2, -0.15) is 18.3 Å². The lowest BCUT2D eigenvalue weighted by atomic mass is 10.1. The number of hydrogen-bond acceptors (Lipinski definition) is 2. The van der Waals surface area contributed by atoms with E-state index in [1.807, 2.05) is 13.8 Å². The molecule has 1 rings (SSSR count). The van der Waals surface area contributed by atoms with Crippen LogP contribution >= 0.6 is 0 Å². The molecule has 0 N–H and O–H groups in total. The molecule has 0 spiro atoms. The Hall–Kier alpha value is -1.13. The third-order valence-corrected chi connectivity index (χ3v) is 1.86. The Bertz CT molecular complexity index is 331. The molecule has 0 saturated heterocycles. The lowest BCUT2D eigenvalue weighted by Gasteiger charge is -2.10. The van der Waals surface area contributed by atoms with Crippen molar-refractivity contribution in [2.45, 2.75) is 32.9 Å². The van der Waals surface area contributed by atoms with Crippen molar-refractivity contribution in [3.8, 4) is 0 Å². The Morgan fingerprint density at radius 2 is 1.79 bits per heavy atom. The molecule has 78 valence electrons. The van der Waals surface area contributed by atoms with E-state index in [1.165, 1.54) is 13.0 Å². The molecule has 0 bridgehead atoms. The molecule has 0 saturated carbocycles. The van der Waals surface area contributed by atoms with Crippen LogP contribution in [0.3, 0.4) is 0 Å². The van der Waals surface area contributed by atoms with E-state index in [0.29, 0.717) is 5.69 Å². The first-order valence-electron chi connectivity index (χ1n) is 4.23. The van der Waals surface area contributed by atoms with Crippen molar-refractivity contribution in [2.24, 2.45) is 0 Å². The predicted molar refractivity (Wildman–Crippen MR) is 45.9 cm³/mol. The number of hydrogen-bond donors (Lipinski definition) is 0. The number of aryl methyl sites for hydroxylation is 1. The van der Waals surface area contributed by atoms with E-state index in [1.54, 1.807) is 0 Å². The van der Waals surface area contributed by atoms with Crippen molar-refractivity contribution in [3.63, 3.8) is 0 Å². The fourth-order valence-electron chi connectivity index (χ4n) is 1.07. The van der Waals surface area contributed by atoms with Gasteiger partial charge >= 0.3 is 6.18 Å². The van der Waals surface area contributed by atoms with Crippen LogP contribution < -0.4 is 0 Å². The second-order valence-electron chi connectivity index (χ2n) is 3.45. The number of rotatable bonds is 1. The van der Waals surface area contributed by atoms with Crippen LogP contribution in [0.4, 0.5) is 13.2 Å². The Labute approximate surface area is 80.2 Å². The van der Waals surface area contributed by atoms with Crippen molar-refractivity contribution in [2.75, 3.05) is 0 Å². The number of nitrogens with zero attached hydrogens (tertiary/aromatic N) is 2. The van der Waals surface area contributed by atoms with Crippen molar-refractivity contribution in [3.05, 3.63) is 23.0 Å². The predicted octanol–water partition coefficient (Wildman–Crippen LogP) is 2.93. The standard InChI is InChI=1S/C9H11F3N2/c1-5(2)7-4-6(3)8(14-13-7)9(10,11)12/h4-5H,1-3H3. The summed E-state index contributed by atoms with van der Waals surface area (Å²) in [6, 6.07) is 1.43. The molecule has 1 aromatic rings. The topological polar surface area (TPSA) is 25.8 Å². The van der Waals surface area contributed by atoms with Crippen molar-refractivity contribution in [1.29, 1.82) is 0 Å². The van der Waals surface area contributed by atoms with Crippen LogP contribution in [0.2, 0.25) is 0 Å². The fourth-order valence-corrected chi connectivity index (χ4v) is 1.07. The highest BCUT2D eigenvalue weighted by Gasteiger charge is 2.35. The molecule has 0 atom stereocenters. The van der Waals surface area contributed by atoms with Crippen LogP contribution in [0.1, 0.15) is 36.7 Å². The maximum atomic E-state index is 12.3. The summed E-state index contributed by atoms with van der Waals surface area (Å²) in [5, 5.41) is 6.73. The molecule has 0 aliphatic carbocycles. The second-order valence-corrected chi connectivity index (χ2v) is 3.45. The molecule has 0 unspecified atom stereocenters. The van der Waals surface area contributed by atoms with Gasteiger partial charge in [0.15, 0.2) is 5.69 Å². The third kappa shape index (κ3) is 2.21. The molecular formula is C9H11F3N2. The quantitative estimate of drug-likeness (QED) is 0.702. The molecule has 0 aliphatic rings. The summed E-state index contributed by atoms with van der Waals surface area (Å²) >= 11 is 0. The molecule has 0 aliphatic heterocycles. The first kappa shape index (κ1) is 10.9. The maximum Gasteiger partial charge on any atom is 0.435 e. The van der Waals surface area contributed by atoms with Crippen LogP contribution in [-0.2, 0) is 6.18 Å². The van der Waals surface area contributed by atoms with Crippen molar-refractivity contribution >= 4 is 0 Å². The second kappa shape index (κ2) is 3.55. The van der Waals surface area contributed by atoms with E-state index >= 15 is 0 Å². The van der Waals surface area contributed by atoms with E-state index in [4.69, 9.17) is 0 Å². The number of aromatic nitrogens is 2. The van der Waals surface area contributed by atoms with E-state index in [2.05, 4.69) is 10.2 Å². The Balaban J connectivity index is 3.15. The first-order valence-corrected chi connectivity index (χ1v) is 4.23. The van der Waals surface area contributed by atoms with Crippen LogP contribution in [-0.4, -0.2) is 10.2 Å². The monoisotopic (exact) mass is 204 g/mol. The summed E-state index contributed by atoms with van der Waals surface area (Å²) in [4.78, 5) is 0. The smallest absolute Gasteiger partial charge is 0.164 e. The zero-order valence-electron chi connectivity index (χ0n) is 8.18. The van der Waals surface area contributed by atoms with Gasteiger partial charge in [-0.05, 0) is 24.5 Å². The van der Waals surface area contributed by atoms with Gasteiger partial charge in [-0.25, -0.2) is 0 Å². The lowest BCUT2D eigenvalue weighted by molar-refractivity contribution is -0.142. The van der Waals surface area contributed by atoms with Crippen LogP contribution in [0.25, 0.3) is 0 Å². The summed E-state index contributed by atoms with van der Waals surface area (Å²) in [5.41, 5.74) is -0.200. The van der Waals surface area contributed by atoms with Crippen LogP contribution in [0.5, 0.6) is 0 Å². The van der Waals surface area contributed by atoms with Crippen LogP contribution in [0, 0.1) is 6.92 Å². The molecule has 0 fully saturated rings. The Morgan fingerprint density at radius 1 is 1.21 bits per heavy atom. The van der Waals surface area contributed by atoms with Crippen molar-refractivity contribution in [1.82, 2.24) is 10.2 Å². The van der Waals surface area contributed by atoms with Gasteiger partial charge in [0.1, 0.15) is 0 Å². The highest BCUT2D eigenvalue weighted by atomic mass is 19.4. The summed E-state index contributed by atoms with van der Waals surface area (Å²) in [6.07, 6.45) is -4.41. The van der Waals surface area contributed by atoms with E-state index in [-0.39, 0.29) is 11.5 Å². The van der Waals surface area contributed by atoms with Gasteiger partial charge in [0.05, 0.1) is 5.69 Å².